The van der Waals surface area contributed by atoms with Crippen LogP contribution in [0.1, 0.15) is 38.8 Å². The van der Waals surface area contributed by atoms with Crippen molar-refractivity contribution >= 4 is 59.2 Å². The van der Waals surface area contributed by atoms with Crippen LogP contribution in [0.25, 0.3) is 0 Å². The third kappa shape index (κ3) is 10.2. The van der Waals surface area contributed by atoms with Crippen LogP contribution in [0, 0.1) is 0 Å². The molecule has 184 valence electrons. The number of thioether (sulfide) groups is 1. The largest absolute Gasteiger partial charge is 0.326 e. The van der Waals surface area contributed by atoms with E-state index in [1.165, 1.54) is 38.0 Å². The summed E-state index contributed by atoms with van der Waals surface area (Å²) in [7, 11) is 0. The molecule has 0 fully saturated rings. The summed E-state index contributed by atoms with van der Waals surface area (Å²) in [5, 5.41) is 12.2. The molecule has 0 saturated carbocycles. The summed E-state index contributed by atoms with van der Waals surface area (Å²) in [6.07, 6.45) is 2.97. The summed E-state index contributed by atoms with van der Waals surface area (Å²) in [4.78, 5) is 46.7. The lowest BCUT2D eigenvalue weighted by Gasteiger charge is -2.14. The number of carbonyl (C=O) groups excluding carboxylic acids is 4. The van der Waals surface area contributed by atoms with Gasteiger partial charge in [0, 0.05) is 25.2 Å². The summed E-state index contributed by atoms with van der Waals surface area (Å²) in [5.74, 6) is -1.00. The van der Waals surface area contributed by atoms with Gasteiger partial charge in [0.05, 0.1) is 22.9 Å². The number of rotatable bonds is 10. The molecule has 2 rings (SSSR count). The number of hydrogen-bond donors (Lipinski definition) is 4. The van der Waals surface area contributed by atoms with E-state index in [4.69, 9.17) is 0 Å². The van der Waals surface area contributed by atoms with Crippen molar-refractivity contribution in [3.05, 3.63) is 59.7 Å². The van der Waals surface area contributed by atoms with E-state index in [9.17, 15) is 19.2 Å². The zero-order valence-electron chi connectivity index (χ0n) is 19.9. The lowest BCUT2D eigenvalue weighted by Crippen LogP contribution is -2.33. The highest BCUT2D eigenvalue weighted by Crippen LogP contribution is 2.18. The maximum absolute atomic E-state index is 12.3. The highest BCUT2D eigenvalue weighted by Gasteiger charge is 2.21. The Bertz CT molecular complexity index is 1010. The minimum absolute atomic E-state index is 0.158. The zero-order valence-corrected chi connectivity index (χ0v) is 20.7. The Morgan fingerprint density at radius 3 is 1.34 bits per heavy atom. The van der Waals surface area contributed by atoms with E-state index in [0.717, 1.165) is 11.1 Å². The molecular weight excluding hydrogens is 468 g/mol. The van der Waals surface area contributed by atoms with Gasteiger partial charge < -0.3 is 10.6 Å². The van der Waals surface area contributed by atoms with E-state index in [1.807, 2.05) is 0 Å². The third-order valence-corrected chi connectivity index (χ3v) is 5.63. The number of hydrogen-bond acceptors (Lipinski definition) is 7. The van der Waals surface area contributed by atoms with Crippen molar-refractivity contribution in [3.8, 4) is 0 Å². The molecule has 0 radical (unpaired) electrons. The van der Waals surface area contributed by atoms with E-state index in [0.29, 0.717) is 11.4 Å². The molecule has 4 N–H and O–H groups in total. The van der Waals surface area contributed by atoms with Crippen LogP contribution >= 0.6 is 11.8 Å². The molecule has 0 aliphatic heterocycles. The molecule has 2 aromatic carbocycles. The standard InChI is InChI=1S/C24H28N6O4S/c1-15(23(33)29-25-13-19-5-9-21(10-6-19)27-17(3)31)35-16(2)24(34)30-26-14-20-7-11-22(12-8-20)28-18(4)32/h5-16H,1-4H3,(H,27,31)(H,28,32)(H,29,33)(H,30,34)/b25-13+,26-14?. The first kappa shape index (κ1) is 27.3. The Balaban J connectivity index is 1.76. The molecule has 0 aliphatic rings. The summed E-state index contributed by atoms with van der Waals surface area (Å²) in [6.45, 7) is 6.22. The van der Waals surface area contributed by atoms with Crippen LogP contribution in [-0.2, 0) is 19.2 Å². The van der Waals surface area contributed by atoms with Crippen LogP contribution in [-0.4, -0.2) is 46.6 Å². The molecule has 0 saturated heterocycles. The second-order valence-corrected chi connectivity index (χ2v) is 9.18. The topological polar surface area (TPSA) is 141 Å². The van der Waals surface area contributed by atoms with E-state index in [2.05, 4.69) is 31.7 Å². The third-order valence-electron chi connectivity index (χ3n) is 4.39. The lowest BCUT2D eigenvalue weighted by atomic mass is 10.2. The van der Waals surface area contributed by atoms with Gasteiger partial charge in [0.1, 0.15) is 0 Å². The fraction of sp³-hybridized carbons (Fsp3) is 0.250. The highest BCUT2D eigenvalue weighted by atomic mass is 32.2. The SMILES string of the molecule is CC(=O)Nc1ccc(C=NNC(=O)C(C)SC(C)C(=O)N/N=C/c2ccc(NC(C)=O)cc2)cc1. The minimum atomic E-state index is -0.527. The Morgan fingerprint density at radius 1 is 0.686 bits per heavy atom. The first-order chi connectivity index (χ1) is 16.6. The highest BCUT2D eigenvalue weighted by molar-refractivity contribution is 8.01. The van der Waals surface area contributed by atoms with Gasteiger partial charge in [-0.3, -0.25) is 19.2 Å². The predicted molar refractivity (Wildman–Crippen MR) is 139 cm³/mol. The summed E-state index contributed by atoms with van der Waals surface area (Å²) in [6, 6.07) is 13.9. The normalized spacial score (nSPS) is 12.7. The van der Waals surface area contributed by atoms with Gasteiger partial charge in [-0.05, 0) is 49.2 Å². The second-order valence-electron chi connectivity index (χ2n) is 7.50. The van der Waals surface area contributed by atoms with Gasteiger partial charge >= 0.3 is 0 Å². The molecule has 2 aromatic rings. The van der Waals surface area contributed by atoms with Crippen LogP contribution in [0.5, 0.6) is 0 Å². The fourth-order valence-corrected chi connectivity index (χ4v) is 3.63. The van der Waals surface area contributed by atoms with E-state index in [1.54, 1.807) is 62.4 Å². The molecular formula is C24H28N6O4S. The molecule has 0 aromatic heterocycles. The summed E-state index contributed by atoms with van der Waals surface area (Å²) in [5.41, 5.74) is 7.74. The van der Waals surface area contributed by atoms with Crippen LogP contribution in [0.15, 0.2) is 58.7 Å². The quantitative estimate of drug-likeness (QED) is 0.296. The van der Waals surface area contributed by atoms with Gasteiger partial charge in [-0.15, -0.1) is 11.8 Å². The van der Waals surface area contributed by atoms with Gasteiger partial charge in [-0.1, -0.05) is 24.3 Å². The van der Waals surface area contributed by atoms with E-state index in [-0.39, 0.29) is 23.6 Å². The average molecular weight is 497 g/mol. The molecule has 2 unspecified atom stereocenters. The Kier molecular flexibility index (Phi) is 10.6. The van der Waals surface area contributed by atoms with Gasteiger partial charge in [-0.25, -0.2) is 10.9 Å². The fourth-order valence-electron chi connectivity index (χ4n) is 2.66. The Morgan fingerprint density at radius 2 is 1.03 bits per heavy atom. The van der Waals surface area contributed by atoms with Crippen molar-refractivity contribution in [2.45, 2.75) is 38.2 Å². The average Bonchev–Trinajstić information content (AvgIpc) is 2.80. The van der Waals surface area contributed by atoms with Gasteiger partial charge in [-0.2, -0.15) is 10.2 Å². The summed E-state index contributed by atoms with van der Waals surface area (Å²) < 4.78 is 0. The smallest absolute Gasteiger partial charge is 0.252 e. The van der Waals surface area contributed by atoms with Crippen molar-refractivity contribution in [2.24, 2.45) is 10.2 Å². The number of amides is 4. The number of benzene rings is 2. The molecule has 0 heterocycles. The van der Waals surface area contributed by atoms with Crippen molar-refractivity contribution in [1.29, 1.82) is 0 Å². The van der Waals surface area contributed by atoms with E-state index >= 15 is 0 Å². The molecule has 10 nitrogen and oxygen atoms in total. The van der Waals surface area contributed by atoms with Crippen LogP contribution in [0.4, 0.5) is 11.4 Å². The lowest BCUT2D eigenvalue weighted by molar-refractivity contribution is -0.120. The van der Waals surface area contributed by atoms with Gasteiger partial charge in [0.25, 0.3) is 11.8 Å². The number of hydrazone groups is 2. The monoisotopic (exact) mass is 496 g/mol. The molecule has 4 amide bonds. The number of anilines is 2. The van der Waals surface area contributed by atoms with Crippen molar-refractivity contribution in [1.82, 2.24) is 10.9 Å². The Hall–Kier alpha value is -3.99. The van der Waals surface area contributed by atoms with Gasteiger partial charge in [0.2, 0.25) is 11.8 Å². The molecule has 2 atom stereocenters. The van der Waals surface area contributed by atoms with Crippen molar-refractivity contribution in [2.75, 3.05) is 10.6 Å². The van der Waals surface area contributed by atoms with Crippen LogP contribution in [0.2, 0.25) is 0 Å². The number of nitrogens with one attached hydrogen (secondary N) is 4. The maximum atomic E-state index is 12.3. The van der Waals surface area contributed by atoms with Crippen molar-refractivity contribution in [3.63, 3.8) is 0 Å². The van der Waals surface area contributed by atoms with E-state index < -0.39 is 10.5 Å². The molecule has 0 spiro atoms. The Labute approximate surface area is 208 Å². The van der Waals surface area contributed by atoms with Crippen LogP contribution in [0.3, 0.4) is 0 Å². The molecule has 0 aliphatic carbocycles. The molecule has 35 heavy (non-hydrogen) atoms. The number of nitrogens with zero attached hydrogens (tertiary/aromatic N) is 2. The van der Waals surface area contributed by atoms with Crippen LogP contribution < -0.4 is 21.5 Å². The second kappa shape index (κ2) is 13.7. The summed E-state index contributed by atoms with van der Waals surface area (Å²) >= 11 is 1.17. The minimum Gasteiger partial charge on any atom is -0.326 e. The predicted octanol–water partition coefficient (Wildman–Crippen LogP) is 2.71. The molecule has 11 heteroatoms. The first-order valence-corrected chi connectivity index (χ1v) is 11.6. The van der Waals surface area contributed by atoms with Crippen molar-refractivity contribution < 1.29 is 19.2 Å². The number of carbonyl (C=O) groups is 4. The zero-order chi connectivity index (χ0) is 25.8. The first-order valence-electron chi connectivity index (χ1n) is 10.7. The molecule has 0 bridgehead atoms. The van der Waals surface area contributed by atoms with Gasteiger partial charge in [0.15, 0.2) is 0 Å². The maximum Gasteiger partial charge on any atom is 0.252 e.